The SMILES string of the molecule is C=CCOc1c(C(C)=O)ccc(OCCCOc2ccc3cc(C(=O)OC)oc3c2C)c1CCC. The van der Waals surface area contributed by atoms with Crippen LogP contribution in [0.4, 0.5) is 0 Å². The number of hydrogen-bond acceptors (Lipinski definition) is 7. The summed E-state index contributed by atoms with van der Waals surface area (Å²) in [5.41, 5.74) is 2.85. The number of hydrogen-bond donors (Lipinski definition) is 0. The highest BCUT2D eigenvalue weighted by molar-refractivity contribution is 5.97. The van der Waals surface area contributed by atoms with Crippen LogP contribution in [-0.2, 0) is 11.2 Å². The molecule has 35 heavy (non-hydrogen) atoms. The number of benzene rings is 2. The van der Waals surface area contributed by atoms with Gasteiger partial charge >= 0.3 is 5.97 Å². The van der Waals surface area contributed by atoms with E-state index in [1.807, 2.05) is 25.1 Å². The molecule has 1 heterocycles. The average molecular weight is 481 g/mol. The number of aryl methyl sites for hydroxylation is 1. The lowest BCUT2D eigenvalue weighted by molar-refractivity contribution is 0.0567. The van der Waals surface area contributed by atoms with Crippen LogP contribution in [-0.4, -0.2) is 38.7 Å². The first-order valence-electron chi connectivity index (χ1n) is 11.7. The zero-order chi connectivity index (χ0) is 25.4. The van der Waals surface area contributed by atoms with Crippen LogP contribution in [0.2, 0.25) is 0 Å². The van der Waals surface area contributed by atoms with E-state index in [1.54, 1.807) is 18.2 Å². The molecule has 7 heteroatoms. The van der Waals surface area contributed by atoms with Gasteiger partial charge in [0.15, 0.2) is 5.78 Å². The van der Waals surface area contributed by atoms with Crippen molar-refractivity contribution < 1.29 is 33.0 Å². The first-order valence-corrected chi connectivity index (χ1v) is 11.7. The molecule has 0 saturated carbocycles. The number of fused-ring (bicyclic) bond motifs is 1. The summed E-state index contributed by atoms with van der Waals surface area (Å²) >= 11 is 0. The Hall–Kier alpha value is -3.74. The highest BCUT2D eigenvalue weighted by Crippen LogP contribution is 2.34. The van der Waals surface area contributed by atoms with Gasteiger partial charge < -0.3 is 23.4 Å². The Bertz CT molecular complexity index is 1210. The lowest BCUT2D eigenvalue weighted by Crippen LogP contribution is -2.10. The standard InChI is InChI=1S/C28H32O7/c1-6-9-22-24(13-11-21(19(4)29)27(22)34-14-7-2)33-16-8-15-32-23-12-10-20-17-25(28(30)31-5)35-26(20)18(23)3/h7,10-13,17H,2,6,8-9,14-16H2,1,3-5H3. The number of Topliss-reactive ketones (excluding diaryl/α,β-unsaturated/α-hetero) is 1. The molecule has 0 saturated heterocycles. The molecule has 3 aromatic rings. The van der Waals surface area contributed by atoms with E-state index in [1.165, 1.54) is 14.0 Å². The minimum Gasteiger partial charge on any atom is -0.493 e. The van der Waals surface area contributed by atoms with Gasteiger partial charge in [-0.15, -0.1) is 0 Å². The molecule has 2 aromatic carbocycles. The van der Waals surface area contributed by atoms with Crippen molar-refractivity contribution >= 4 is 22.7 Å². The van der Waals surface area contributed by atoms with Crippen LogP contribution in [0.25, 0.3) is 11.0 Å². The van der Waals surface area contributed by atoms with E-state index in [-0.39, 0.29) is 11.5 Å². The van der Waals surface area contributed by atoms with Gasteiger partial charge in [-0.25, -0.2) is 4.79 Å². The zero-order valence-corrected chi connectivity index (χ0v) is 20.8. The van der Waals surface area contributed by atoms with E-state index < -0.39 is 5.97 Å². The maximum Gasteiger partial charge on any atom is 0.373 e. The van der Waals surface area contributed by atoms with Crippen LogP contribution in [0.15, 0.2) is 47.4 Å². The molecule has 0 fully saturated rings. The van der Waals surface area contributed by atoms with E-state index in [2.05, 4.69) is 13.5 Å². The number of furan rings is 1. The van der Waals surface area contributed by atoms with Gasteiger partial charge in [-0.1, -0.05) is 26.0 Å². The summed E-state index contributed by atoms with van der Waals surface area (Å²) in [5, 5.41) is 0.811. The third-order valence-electron chi connectivity index (χ3n) is 5.52. The first-order chi connectivity index (χ1) is 16.9. The maximum atomic E-state index is 12.1. The van der Waals surface area contributed by atoms with E-state index in [0.717, 1.165) is 29.4 Å². The number of methoxy groups -OCH3 is 1. The lowest BCUT2D eigenvalue weighted by atomic mass is 10.0. The minimum atomic E-state index is -0.517. The normalized spacial score (nSPS) is 10.7. The maximum absolute atomic E-state index is 12.1. The number of esters is 1. The monoisotopic (exact) mass is 480 g/mol. The fraction of sp³-hybridized carbons (Fsp3) is 0.357. The number of carbonyl (C=O) groups is 2. The molecular weight excluding hydrogens is 448 g/mol. The molecule has 7 nitrogen and oxygen atoms in total. The Morgan fingerprint density at radius 2 is 1.77 bits per heavy atom. The second kappa shape index (κ2) is 12.1. The van der Waals surface area contributed by atoms with Gasteiger partial charge in [-0.3, -0.25) is 4.79 Å². The van der Waals surface area contributed by atoms with Gasteiger partial charge in [0.05, 0.1) is 25.9 Å². The first kappa shape index (κ1) is 25.9. The van der Waals surface area contributed by atoms with Crippen molar-refractivity contribution in [2.24, 2.45) is 0 Å². The van der Waals surface area contributed by atoms with Crippen molar-refractivity contribution in [1.82, 2.24) is 0 Å². The predicted molar refractivity (Wildman–Crippen MR) is 134 cm³/mol. The minimum absolute atomic E-state index is 0.0519. The molecule has 0 aliphatic heterocycles. The molecule has 186 valence electrons. The zero-order valence-electron chi connectivity index (χ0n) is 20.8. The average Bonchev–Trinajstić information content (AvgIpc) is 3.29. The molecule has 3 rings (SSSR count). The molecule has 1 aromatic heterocycles. The highest BCUT2D eigenvalue weighted by Gasteiger charge is 2.18. The fourth-order valence-electron chi connectivity index (χ4n) is 3.82. The van der Waals surface area contributed by atoms with Crippen LogP contribution < -0.4 is 14.2 Å². The summed E-state index contributed by atoms with van der Waals surface area (Å²) in [6.07, 6.45) is 3.92. The smallest absolute Gasteiger partial charge is 0.373 e. The summed E-state index contributed by atoms with van der Waals surface area (Å²) in [6, 6.07) is 8.94. The number of rotatable bonds is 13. The topological polar surface area (TPSA) is 84.2 Å². The fourth-order valence-corrected chi connectivity index (χ4v) is 3.82. The van der Waals surface area contributed by atoms with Crippen molar-refractivity contribution in [2.75, 3.05) is 26.9 Å². The summed E-state index contributed by atoms with van der Waals surface area (Å²) in [6.45, 7) is 10.4. The molecule has 0 atom stereocenters. The molecule has 0 amide bonds. The van der Waals surface area contributed by atoms with Crippen molar-refractivity contribution in [3.05, 3.63) is 65.4 Å². The van der Waals surface area contributed by atoms with Gasteiger partial charge in [0.2, 0.25) is 5.76 Å². The van der Waals surface area contributed by atoms with Crippen molar-refractivity contribution in [3.63, 3.8) is 0 Å². The van der Waals surface area contributed by atoms with Gasteiger partial charge in [-0.05, 0) is 50.6 Å². The van der Waals surface area contributed by atoms with Crippen molar-refractivity contribution in [1.29, 1.82) is 0 Å². The number of ketones is 1. The molecule has 0 N–H and O–H groups in total. The Kier molecular flexibility index (Phi) is 8.95. The molecule has 0 unspecified atom stereocenters. The summed E-state index contributed by atoms with van der Waals surface area (Å²) in [4.78, 5) is 23.8. The third-order valence-corrected chi connectivity index (χ3v) is 5.52. The van der Waals surface area contributed by atoms with Crippen LogP contribution in [0.1, 0.15) is 58.7 Å². The number of ether oxygens (including phenoxy) is 4. The van der Waals surface area contributed by atoms with Gasteiger partial charge in [0, 0.05) is 22.9 Å². The van der Waals surface area contributed by atoms with E-state index in [0.29, 0.717) is 54.6 Å². The Morgan fingerprint density at radius 3 is 2.43 bits per heavy atom. The van der Waals surface area contributed by atoms with Crippen LogP contribution >= 0.6 is 0 Å². The second-order valence-electron chi connectivity index (χ2n) is 8.08. The van der Waals surface area contributed by atoms with E-state index in [9.17, 15) is 9.59 Å². The Labute approximate surface area is 205 Å². The van der Waals surface area contributed by atoms with Crippen LogP contribution in [0.5, 0.6) is 17.2 Å². The largest absolute Gasteiger partial charge is 0.493 e. The predicted octanol–water partition coefficient (Wildman–Crippen LogP) is 6.10. The third kappa shape index (κ3) is 6.04. The molecule has 0 bridgehead atoms. The lowest BCUT2D eigenvalue weighted by Gasteiger charge is -2.18. The molecular formula is C28H32O7. The van der Waals surface area contributed by atoms with Crippen molar-refractivity contribution in [3.8, 4) is 17.2 Å². The second-order valence-corrected chi connectivity index (χ2v) is 8.08. The van der Waals surface area contributed by atoms with E-state index >= 15 is 0 Å². The van der Waals surface area contributed by atoms with Gasteiger partial charge in [0.25, 0.3) is 0 Å². The Morgan fingerprint density at radius 1 is 1.06 bits per heavy atom. The van der Waals surface area contributed by atoms with Crippen LogP contribution in [0.3, 0.4) is 0 Å². The quantitative estimate of drug-likeness (QED) is 0.127. The van der Waals surface area contributed by atoms with Crippen LogP contribution in [0, 0.1) is 6.92 Å². The Balaban J connectivity index is 1.65. The molecule has 0 aliphatic carbocycles. The molecule has 0 radical (unpaired) electrons. The van der Waals surface area contributed by atoms with Gasteiger partial charge in [0.1, 0.15) is 29.4 Å². The molecule has 0 aliphatic rings. The highest BCUT2D eigenvalue weighted by atomic mass is 16.5. The van der Waals surface area contributed by atoms with E-state index in [4.69, 9.17) is 23.4 Å². The van der Waals surface area contributed by atoms with Crippen molar-refractivity contribution in [2.45, 2.75) is 40.0 Å². The summed E-state index contributed by atoms with van der Waals surface area (Å²) in [5.74, 6) is 1.55. The number of carbonyl (C=O) groups excluding carboxylic acids is 2. The summed E-state index contributed by atoms with van der Waals surface area (Å²) < 4.78 is 28.2. The van der Waals surface area contributed by atoms with Gasteiger partial charge in [-0.2, -0.15) is 0 Å². The summed E-state index contributed by atoms with van der Waals surface area (Å²) in [7, 11) is 1.32. The molecule has 0 spiro atoms.